The Morgan fingerprint density at radius 2 is 1.58 bits per heavy atom. The van der Waals surface area contributed by atoms with Crippen LogP contribution in [0, 0.1) is 13.8 Å². The van der Waals surface area contributed by atoms with E-state index in [0.717, 1.165) is 33.5 Å². The number of aromatic nitrogens is 2. The number of aryl methyl sites for hydroxylation is 1. The zero-order valence-corrected chi connectivity index (χ0v) is 14.7. The van der Waals surface area contributed by atoms with Crippen molar-refractivity contribution in [2.75, 3.05) is 5.32 Å². The lowest BCUT2D eigenvalue weighted by Gasteiger charge is -2.08. The van der Waals surface area contributed by atoms with Crippen LogP contribution in [-0.2, 0) is 0 Å². The number of para-hydroxylation sites is 1. The first-order valence-electron chi connectivity index (χ1n) is 8.55. The Morgan fingerprint density at radius 3 is 2.35 bits per heavy atom. The Kier molecular flexibility index (Phi) is 4.01. The molecule has 1 amide bonds. The van der Waals surface area contributed by atoms with Crippen LogP contribution >= 0.6 is 0 Å². The molecular formula is C22H19N3O. The average molecular weight is 341 g/mol. The summed E-state index contributed by atoms with van der Waals surface area (Å²) in [6, 6.07) is 23.6. The van der Waals surface area contributed by atoms with E-state index in [0.29, 0.717) is 5.56 Å². The normalized spacial score (nSPS) is 10.8. The molecule has 4 heteroatoms. The first kappa shape index (κ1) is 16.1. The van der Waals surface area contributed by atoms with Gasteiger partial charge in [0.05, 0.1) is 22.8 Å². The van der Waals surface area contributed by atoms with Crippen molar-refractivity contribution < 1.29 is 4.79 Å². The van der Waals surface area contributed by atoms with Crippen molar-refractivity contribution >= 4 is 22.4 Å². The highest BCUT2D eigenvalue weighted by Gasteiger charge is 2.16. The Labute approximate surface area is 152 Å². The van der Waals surface area contributed by atoms with E-state index >= 15 is 0 Å². The second-order valence-electron chi connectivity index (χ2n) is 6.31. The van der Waals surface area contributed by atoms with E-state index in [9.17, 15) is 4.79 Å². The molecule has 0 radical (unpaired) electrons. The number of fused-ring (bicyclic) bond motifs is 1. The van der Waals surface area contributed by atoms with Crippen molar-refractivity contribution in [3.8, 4) is 5.69 Å². The van der Waals surface area contributed by atoms with Gasteiger partial charge in [0.1, 0.15) is 0 Å². The van der Waals surface area contributed by atoms with Crippen LogP contribution in [0.4, 0.5) is 5.69 Å². The van der Waals surface area contributed by atoms with Gasteiger partial charge in [0, 0.05) is 5.56 Å². The lowest BCUT2D eigenvalue weighted by Crippen LogP contribution is -2.13. The number of nitrogens with zero attached hydrogens (tertiary/aromatic N) is 2. The molecule has 0 saturated heterocycles. The van der Waals surface area contributed by atoms with Crippen LogP contribution in [0.25, 0.3) is 16.5 Å². The summed E-state index contributed by atoms with van der Waals surface area (Å²) in [5.41, 5.74) is 4.06. The molecule has 0 bridgehead atoms. The maximum absolute atomic E-state index is 12.8. The summed E-state index contributed by atoms with van der Waals surface area (Å²) in [5, 5.41) is 9.77. The molecule has 0 spiro atoms. The minimum Gasteiger partial charge on any atom is -0.319 e. The van der Waals surface area contributed by atoms with Crippen LogP contribution in [0.15, 0.2) is 72.8 Å². The lowest BCUT2D eigenvalue weighted by atomic mass is 10.1. The number of hydrogen-bond acceptors (Lipinski definition) is 2. The molecule has 0 atom stereocenters. The number of rotatable bonds is 3. The van der Waals surface area contributed by atoms with E-state index in [-0.39, 0.29) is 5.91 Å². The van der Waals surface area contributed by atoms with Crippen LogP contribution in [0.3, 0.4) is 0 Å². The van der Waals surface area contributed by atoms with Crippen molar-refractivity contribution in [3.63, 3.8) is 0 Å². The topological polar surface area (TPSA) is 46.9 Å². The molecule has 3 aromatic carbocycles. The van der Waals surface area contributed by atoms with E-state index in [4.69, 9.17) is 0 Å². The van der Waals surface area contributed by atoms with E-state index in [2.05, 4.69) is 10.4 Å². The molecular weight excluding hydrogens is 322 g/mol. The zero-order valence-electron chi connectivity index (χ0n) is 14.7. The smallest absolute Gasteiger partial charge is 0.255 e. The molecule has 0 aliphatic heterocycles. The SMILES string of the molecule is Cc1nn(-c2ccccc2)c(C)c1NC(=O)c1ccc2ccccc2c1. The number of carbonyl (C=O) groups is 1. The van der Waals surface area contributed by atoms with Gasteiger partial charge in [0.25, 0.3) is 5.91 Å². The highest BCUT2D eigenvalue weighted by atomic mass is 16.1. The predicted octanol–water partition coefficient (Wildman–Crippen LogP) is 4.89. The largest absolute Gasteiger partial charge is 0.319 e. The molecule has 4 aromatic rings. The van der Waals surface area contributed by atoms with Gasteiger partial charge in [-0.3, -0.25) is 4.79 Å². The molecule has 0 fully saturated rings. The van der Waals surface area contributed by atoms with Crippen molar-refractivity contribution in [2.24, 2.45) is 0 Å². The lowest BCUT2D eigenvalue weighted by molar-refractivity contribution is 0.102. The van der Waals surface area contributed by atoms with E-state index in [1.165, 1.54) is 0 Å². The quantitative estimate of drug-likeness (QED) is 0.576. The van der Waals surface area contributed by atoms with Gasteiger partial charge in [-0.2, -0.15) is 5.10 Å². The van der Waals surface area contributed by atoms with Crippen LogP contribution in [0.1, 0.15) is 21.7 Å². The van der Waals surface area contributed by atoms with Gasteiger partial charge in [-0.15, -0.1) is 0 Å². The maximum atomic E-state index is 12.8. The minimum atomic E-state index is -0.130. The Balaban J connectivity index is 1.66. The van der Waals surface area contributed by atoms with Crippen LogP contribution in [0.2, 0.25) is 0 Å². The van der Waals surface area contributed by atoms with Gasteiger partial charge in [0.15, 0.2) is 0 Å². The third-order valence-corrected chi connectivity index (χ3v) is 4.54. The molecule has 0 saturated carbocycles. The summed E-state index contributed by atoms with van der Waals surface area (Å²) in [4.78, 5) is 12.8. The van der Waals surface area contributed by atoms with Gasteiger partial charge in [-0.05, 0) is 48.9 Å². The van der Waals surface area contributed by atoms with E-state index < -0.39 is 0 Å². The van der Waals surface area contributed by atoms with E-state index in [1.54, 1.807) is 0 Å². The summed E-state index contributed by atoms with van der Waals surface area (Å²) in [6.45, 7) is 3.87. The minimum absolute atomic E-state index is 0.130. The maximum Gasteiger partial charge on any atom is 0.255 e. The summed E-state index contributed by atoms with van der Waals surface area (Å²) in [6.07, 6.45) is 0. The summed E-state index contributed by atoms with van der Waals surface area (Å²) in [5.74, 6) is -0.130. The van der Waals surface area contributed by atoms with Gasteiger partial charge in [0.2, 0.25) is 0 Å². The van der Waals surface area contributed by atoms with Gasteiger partial charge >= 0.3 is 0 Å². The summed E-state index contributed by atoms with van der Waals surface area (Å²) < 4.78 is 1.85. The monoisotopic (exact) mass is 341 g/mol. The number of nitrogens with one attached hydrogen (secondary N) is 1. The van der Waals surface area contributed by atoms with E-state index in [1.807, 2.05) is 91.3 Å². The third kappa shape index (κ3) is 2.86. The third-order valence-electron chi connectivity index (χ3n) is 4.54. The highest BCUT2D eigenvalue weighted by molar-refractivity contribution is 6.07. The zero-order chi connectivity index (χ0) is 18.1. The van der Waals surface area contributed by atoms with Crippen LogP contribution in [0.5, 0.6) is 0 Å². The second kappa shape index (κ2) is 6.48. The molecule has 4 rings (SSSR count). The molecule has 1 heterocycles. The fraction of sp³-hybridized carbons (Fsp3) is 0.0909. The number of carbonyl (C=O) groups excluding carboxylic acids is 1. The van der Waals surface area contributed by atoms with Gasteiger partial charge in [-0.1, -0.05) is 48.5 Å². The summed E-state index contributed by atoms with van der Waals surface area (Å²) in [7, 11) is 0. The van der Waals surface area contributed by atoms with Crippen molar-refractivity contribution in [3.05, 3.63) is 89.7 Å². The number of anilines is 1. The first-order valence-corrected chi connectivity index (χ1v) is 8.55. The van der Waals surface area contributed by atoms with Crippen molar-refractivity contribution in [1.82, 2.24) is 9.78 Å². The first-order chi connectivity index (χ1) is 12.6. The standard InChI is InChI=1S/C22H19N3O/c1-15-21(16(2)25(24-15)20-10-4-3-5-11-20)23-22(26)19-13-12-17-8-6-7-9-18(17)14-19/h3-14H,1-2H3,(H,23,26). The Hall–Kier alpha value is -3.40. The van der Waals surface area contributed by atoms with Crippen molar-refractivity contribution in [2.45, 2.75) is 13.8 Å². The Bertz CT molecular complexity index is 1100. The number of amides is 1. The molecule has 1 aromatic heterocycles. The summed E-state index contributed by atoms with van der Waals surface area (Å²) >= 11 is 0. The molecule has 128 valence electrons. The van der Waals surface area contributed by atoms with Crippen LogP contribution in [-0.4, -0.2) is 15.7 Å². The van der Waals surface area contributed by atoms with Crippen LogP contribution < -0.4 is 5.32 Å². The molecule has 4 nitrogen and oxygen atoms in total. The fourth-order valence-electron chi connectivity index (χ4n) is 3.16. The number of benzene rings is 3. The molecule has 0 unspecified atom stereocenters. The molecule has 0 aliphatic rings. The van der Waals surface area contributed by atoms with Gasteiger partial charge in [-0.25, -0.2) is 4.68 Å². The molecule has 1 N–H and O–H groups in total. The fourth-order valence-corrected chi connectivity index (χ4v) is 3.16. The number of hydrogen-bond donors (Lipinski definition) is 1. The average Bonchev–Trinajstić information content (AvgIpc) is 2.96. The van der Waals surface area contributed by atoms with Crippen molar-refractivity contribution in [1.29, 1.82) is 0 Å². The second-order valence-corrected chi connectivity index (χ2v) is 6.31. The molecule has 26 heavy (non-hydrogen) atoms. The highest BCUT2D eigenvalue weighted by Crippen LogP contribution is 2.24. The molecule has 0 aliphatic carbocycles. The van der Waals surface area contributed by atoms with Gasteiger partial charge < -0.3 is 5.32 Å². The predicted molar refractivity (Wildman–Crippen MR) is 105 cm³/mol. The Morgan fingerprint density at radius 1 is 0.885 bits per heavy atom.